The molecule has 28 heavy (non-hydrogen) atoms. The highest BCUT2D eigenvalue weighted by Crippen LogP contribution is 2.47. The molecule has 1 saturated carbocycles. The smallest absolute Gasteiger partial charge is 0.234 e. The van der Waals surface area contributed by atoms with Gasteiger partial charge in [0.1, 0.15) is 0 Å². The van der Waals surface area contributed by atoms with Gasteiger partial charge in [0.2, 0.25) is 5.91 Å². The fourth-order valence-corrected chi connectivity index (χ4v) is 5.21. The van der Waals surface area contributed by atoms with Crippen molar-refractivity contribution in [2.45, 2.75) is 31.7 Å². The average molecular weight is 378 g/mol. The van der Waals surface area contributed by atoms with E-state index in [4.69, 9.17) is 5.73 Å². The van der Waals surface area contributed by atoms with E-state index < -0.39 is 0 Å². The van der Waals surface area contributed by atoms with Crippen LogP contribution in [0, 0.1) is 11.3 Å². The number of fused-ring (bicyclic) bond motifs is 1. The van der Waals surface area contributed by atoms with Gasteiger partial charge < -0.3 is 11.1 Å². The second-order valence-electron chi connectivity index (χ2n) is 8.55. The van der Waals surface area contributed by atoms with Crippen molar-refractivity contribution >= 4 is 5.91 Å². The molecule has 1 amide bonds. The summed E-state index contributed by atoms with van der Waals surface area (Å²) in [5, 5.41) is 3.29. The third-order valence-electron chi connectivity index (χ3n) is 6.70. The standard InChI is InChI=1S/C24H31N3O/c25-17-24-13-7-12-21(24)15-27(18-24)16-23(28)26-22(20-10-5-2-6-11-20)14-19-8-3-1-4-9-19/h1-6,8-11,21-22H,7,12-18,25H2,(H,26,28)/t21-,22?,24-/m0/s1. The van der Waals surface area contributed by atoms with Crippen LogP contribution in [0.3, 0.4) is 0 Å². The highest BCUT2D eigenvalue weighted by molar-refractivity contribution is 5.78. The van der Waals surface area contributed by atoms with E-state index in [1.807, 2.05) is 24.3 Å². The van der Waals surface area contributed by atoms with Gasteiger partial charge in [-0.2, -0.15) is 0 Å². The third-order valence-corrected chi connectivity index (χ3v) is 6.70. The molecule has 2 aromatic carbocycles. The fraction of sp³-hybridized carbons (Fsp3) is 0.458. The van der Waals surface area contributed by atoms with Gasteiger partial charge in [-0.25, -0.2) is 0 Å². The molecule has 3 atom stereocenters. The Morgan fingerprint density at radius 1 is 1.14 bits per heavy atom. The van der Waals surface area contributed by atoms with Crippen molar-refractivity contribution in [3.05, 3.63) is 71.8 Å². The Labute approximate surface area is 168 Å². The van der Waals surface area contributed by atoms with Crippen LogP contribution in [0.2, 0.25) is 0 Å². The van der Waals surface area contributed by atoms with Crippen molar-refractivity contribution in [3.63, 3.8) is 0 Å². The molecule has 1 aliphatic heterocycles. The van der Waals surface area contributed by atoms with Crippen LogP contribution in [0.25, 0.3) is 0 Å². The van der Waals surface area contributed by atoms with Gasteiger partial charge in [0.15, 0.2) is 0 Å². The summed E-state index contributed by atoms with van der Waals surface area (Å²) in [4.78, 5) is 15.2. The van der Waals surface area contributed by atoms with Crippen LogP contribution < -0.4 is 11.1 Å². The number of nitrogens with one attached hydrogen (secondary N) is 1. The van der Waals surface area contributed by atoms with Gasteiger partial charge in [-0.15, -0.1) is 0 Å². The maximum Gasteiger partial charge on any atom is 0.234 e. The molecule has 1 heterocycles. The Balaban J connectivity index is 1.41. The minimum Gasteiger partial charge on any atom is -0.348 e. The SMILES string of the molecule is NC[C@]12CCC[C@H]1CN(CC(=O)NC(Cc1ccccc1)c1ccccc1)C2. The lowest BCUT2D eigenvalue weighted by molar-refractivity contribution is -0.122. The number of benzene rings is 2. The zero-order valence-corrected chi connectivity index (χ0v) is 16.5. The molecule has 1 aliphatic carbocycles. The van der Waals surface area contributed by atoms with Crippen molar-refractivity contribution in [2.75, 3.05) is 26.2 Å². The largest absolute Gasteiger partial charge is 0.348 e. The molecular weight excluding hydrogens is 346 g/mol. The van der Waals surface area contributed by atoms with E-state index in [0.717, 1.165) is 31.6 Å². The lowest BCUT2D eigenvalue weighted by Crippen LogP contribution is -2.40. The van der Waals surface area contributed by atoms with Crippen molar-refractivity contribution in [1.29, 1.82) is 0 Å². The van der Waals surface area contributed by atoms with Gasteiger partial charge >= 0.3 is 0 Å². The van der Waals surface area contributed by atoms with E-state index in [2.05, 4.69) is 46.6 Å². The molecule has 2 aliphatic rings. The second-order valence-corrected chi connectivity index (χ2v) is 8.55. The van der Waals surface area contributed by atoms with Gasteiger partial charge in [-0.3, -0.25) is 9.69 Å². The summed E-state index contributed by atoms with van der Waals surface area (Å²) in [5.74, 6) is 0.775. The fourth-order valence-electron chi connectivity index (χ4n) is 5.21. The number of hydrogen-bond acceptors (Lipinski definition) is 3. The molecular formula is C24H31N3O. The van der Waals surface area contributed by atoms with E-state index in [1.165, 1.54) is 24.8 Å². The zero-order valence-electron chi connectivity index (χ0n) is 16.5. The normalized spacial score (nSPS) is 25.4. The van der Waals surface area contributed by atoms with Crippen molar-refractivity contribution in [2.24, 2.45) is 17.1 Å². The lowest BCUT2D eigenvalue weighted by Gasteiger charge is -2.27. The topological polar surface area (TPSA) is 58.4 Å². The van der Waals surface area contributed by atoms with E-state index in [-0.39, 0.29) is 17.4 Å². The van der Waals surface area contributed by atoms with E-state index in [0.29, 0.717) is 12.5 Å². The van der Waals surface area contributed by atoms with Gasteiger partial charge in [0.05, 0.1) is 12.6 Å². The lowest BCUT2D eigenvalue weighted by atomic mass is 9.81. The number of rotatable bonds is 7. The molecule has 1 saturated heterocycles. The van der Waals surface area contributed by atoms with Crippen LogP contribution in [0.5, 0.6) is 0 Å². The predicted molar refractivity (Wildman–Crippen MR) is 113 cm³/mol. The first-order valence-corrected chi connectivity index (χ1v) is 10.5. The number of likely N-dealkylation sites (tertiary alicyclic amines) is 1. The number of carbonyl (C=O) groups is 1. The molecule has 4 heteroatoms. The summed E-state index contributed by atoms with van der Waals surface area (Å²) in [5.41, 5.74) is 8.75. The zero-order chi connectivity index (χ0) is 19.4. The highest BCUT2D eigenvalue weighted by Gasteiger charge is 2.48. The summed E-state index contributed by atoms with van der Waals surface area (Å²) < 4.78 is 0. The first-order chi connectivity index (χ1) is 13.7. The van der Waals surface area contributed by atoms with E-state index >= 15 is 0 Å². The van der Waals surface area contributed by atoms with Gasteiger partial charge in [0.25, 0.3) is 0 Å². The first-order valence-electron chi connectivity index (χ1n) is 10.5. The summed E-state index contributed by atoms with van der Waals surface area (Å²) in [6, 6.07) is 20.6. The molecule has 2 aromatic rings. The van der Waals surface area contributed by atoms with Crippen LogP contribution in [0.1, 0.15) is 36.4 Å². The molecule has 0 spiro atoms. The Morgan fingerprint density at radius 3 is 2.54 bits per heavy atom. The van der Waals surface area contributed by atoms with Crippen molar-refractivity contribution in [1.82, 2.24) is 10.2 Å². The number of nitrogens with zero attached hydrogens (tertiary/aromatic N) is 1. The maximum atomic E-state index is 12.9. The minimum atomic E-state index is -0.0123. The average Bonchev–Trinajstić information content (AvgIpc) is 3.26. The van der Waals surface area contributed by atoms with Crippen LogP contribution in [-0.4, -0.2) is 37.0 Å². The third kappa shape index (κ3) is 4.13. The van der Waals surface area contributed by atoms with Gasteiger partial charge in [-0.1, -0.05) is 67.1 Å². The number of amides is 1. The molecule has 0 radical (unpaired) electrons. The monoisotopic (exact) mass is 377 g/mol. The van der Waals surface area contributed by atoms with Gasteiger partial charge in [-0.05, 0) is 48.3 Å². The number of carbonyl (C=O) groups excluding carboxylic acids is 1. The number of nitrogens with two attached hydrogens (primary N) is 1. The maximum absolute atomic E-state index is 12.9. The van der Waals surface area contributed by atoms with Crippen LogP contribution in [-0.2, 0) is 11.2 Å². The summed E-state index contributed by atoms with van der Waals surface area (Å²) in [6.07, 6.45) is 4.56. The second kappa shape index (κ2) is 8.46. The summed E-state index contributed by atoms with van der Waals surface area (Å²) in [6.45, 7) is 3.20. The molecule has 1 unspecified atom stereocenters. The molecule has 0 bridgehead atoms. The molecule has 4 rings (SSSR count). The van der Waals surface area contributed by atoms with Gasteiger partial charge in [0, 0.05) is 13.1 Å². The Morgan fingerprint density at radius 2 is 1.86 bits per heavy atom. The molecule has 2 fully saturated rings. The van der Waals surface area contributed by atoms with Crippen molar-refractivity contribution < 1.29 is 4.79 Å². The first kappa shape index (κ1) is 19.2. The Kier molecular flexibility index (Phi) is 5.79. The Bertz CT molecular complexity index is 779. The highest BCUT2D eigenvalue weighted by atomic mass is 16.2. The Hall–Kier alpha value is -2.17. The van der Waals surface area contributed by atoms with E-state index in [1.54, 1.807) is 0 Å². The summed E-state index contributed by atoms with van der Waals surface area (Å²) in [7, 11) is 0. The molecule has 0 aromatic heterocycles. The number of hydrogen-bond donors (Lipinski definition) is 2. The minimum absolute atomic E-state index is 0.0123. The molecule has 3 N–H and O–H groups in total. The van der Waals surface area contributed by atoms with E-state index in [9.17, 15) is 4.79 Å². The summed E-state index contributed by atoms with van der Waals surface area (Å²) >= 11 is 0. The van der Waals surface area contributed by atoms with Crippen LogP contribution in [0.4, 0.5) is 0 Å². The quantitative estimate of drug-likeness (QED) is 0.779. The molecule has 148 valence electrons. The molecule has 4 nitrogen and oxygen atoms in total. The van der Waals surface area contributed by atoms with Crippen molar-refractivity contribution in [3.8, 4) is 0 Å². The van der Waals surface area contributed by atoms with Crippen LogP contribution in [0.15, 0.2) is 60.7 Å². The predicted octanol–water partition coefficient (Wildman–Crippen LogP) is 3.15. The van der Waals surface area contributed by atoms with Crippen LogP contribution >= 0.6 is 0 Å².